The molecule has 0 unspecified atom stereocenters. The van der Waals surface area contributed by atoms with Crippen molar-refractivity contribution in [3.05, 3.63) is 120 Å². The topological polar surface area (TPSA) is 146 Å². The highest BCUT2D eigenvalue weighted by molar-refractivity contribution is 5.98. The molecule has 11 nitrogen and oxygen atoms in total. The van der Waals surface area contributed by atoms with E-state index in [1.807, 2.05) is 60.7 Å². The van der Waals surface area contributed by atoms with Gasteiger partial charge in [-0.3, -0.25) is 24.4 Å². The lowest BCUT2D eigenvalue weighted by Gasteiger charge is -2.22. The van der Waals surface area contributed by atoms with Crippen molar-refractivity contribution >= 4 is 35.0 Å². The summed E-state index contributed by atoms with van der Waals surface area (Å²) in [5, 5.41) is 14.2. The number of nitrogens with zero attached hydrogens (tertiary/aromatic N) is 1. The van der Waals surface area contributed by atoms with Gasteiger partial charge in [0.1, 0.15) is 37.8 Å². The van der Waals surface area contributed by atoms with Crippen LogP contribution in [0.25, 0.3) is 0 Å². The van der Waals surface area contributed by atoms with Crippen molar-refractivity contribution in [3.8, 4) is 11.5 Å². The molecular weight excluding hydrogens is 612 g/mol. The molecule has 0 saturated carbocycles. The Morgan fingerprint density at radius 2 is 1.04 bits per heavy atom. The van der Waals surface area contributed by atoms with Crippen molar-refractivity contribution < 1.29 is 33.9 Å². The summed E-state index contributed by atoms with van der Waals surface area (Å²) in [5.41, 5.74) is 4.55. The van der Waals surface area contributed by atoms with E-state index < -0.39 is 17.7 Å². The standard InChI is InChI=1S/C37H40N4O7/c42-34(40-46)20-8-3-9-21-37(45)41(24-35(43)38-30-16-10-18-32(22-30)47-26-28-12-4-1-5-13-28)25-36(44)39-31-17-11-19-33(23-31)48-27-29-14-6-2-7-15-29/h1-2,4-7,10-19,22-23,46H,3,8-9,20-21,24-27H2,(H,38,43)(H,39,44)(H,40,42). The SMILES string of the molecule is O=C(CCCCCC(=O)N(CC(=O)Nc1cccc(OCc2ccccc2)c1)CC(=O)Nc1cccc(OCc2ccccc2)c1)NO. The summed E-state index contributed by atoms with van der Waals surface area (Å²) in [6, 6.07) is 33.2. The molecule has 4 amide bonds. The number of hydrogen-bond acceptors (Lipinski definition) is 7. The maximum absolute atomic E-state index is 13.2. The van der Waals surface area contributed by atoms with Crippen LogP contribution in [-0.2, 0) is 32.4 Å². The fourth-order valence-electron chi connectivity index (χ4n) is 4.74. The minimum absolute atomic E-state index is 0.0763. The Morgan fingerprint density at radius 3 is 1.52 bits per heavy atom. The third kappa shape index (κ3) is 12.6. The number of hydroxylamine groups is 1. The number of benzene rings is 4. The van der Waals surface area contributed by atoms with E-state index in [9.17, 15) is 19.2 Å². The first-order valence-corrected chi connectivity index (χ1v) is 15.7. The molecule has 250 valence electrons. The molecule has 4 rings (SSSR count). The number of anilines is 2. The van der Waals surface area contributed by atoms with Crippen molar-refractivity contribution in [2.75, 3.05) is 23.7 Å². The Morgan fingerprint density at radius 1 is 0.562 bits per heavy atom. The predicted molar refractivity (Wildman–Crippen MR) is 181 cm³/mol. The average molecular weight is 653 g/mol. The number of hydrogen-bond donors (Lipinski definition) is 4. The molecule has 4 aromatic rings. The number of ether oxygens (including phenoxy) is 2. The zero-order valence-corrected chi connectivity index (χ0v) is 26.6. The highest BCUT2D eigenvalue weighted by Gasteiger charge is 2.21. The first kappa shape index (κ1) is 35.2. The predicted octanol–water partition coefficient (Wildman–Crippen LogP) is 5.71. The zero-order chi connectivity index (χ0) is 34.0. The van der Waals surface area contributed by atoms with Gasteiger partial charge in [-0.05, 0) is 48.2 Å². The van der Waals surface area contributed by atoms with E-state index in [4.69, 9.17) is 14.7 Å². The van der Waals surface area contributed by atoms with E-state index in [0.29, 0.717) is 55.4 Å². The highest BCUT2D eigenvalue weighted by atomic mass is 16.5. The van der Waals surface area contributed by atoms with Crippen LogP contribution in [0.5, 0.6) is 11.5 Å². The largest absolute Gasteiger partial charge is 0.489 e. The molecule has 4 N–H and O–H groups in total. The summed E-state index contributed by atoms with van der Waals surface area (Å²) in [5.74, 6) is -0.714. The molecule has 0 atom stereocenters. The highest BCUT2D eigenvalue weighted by Crippen LogP contribution is 2.20. The van der Waals surface area contributed by atoms with E-state index in [0.717, 1.165) is 11.1 Å². The third-order valence-corrected chi connectivity index (χ3v) is 7.17. The van der Waals surface area contributed by atoms with Crippen LogP contribution in [0.15, 0.2) is 109 Å². The molecule has 11 heteroatoms. The van der Waals surface area contributed by atoms with Gasteiger partial charge in [-0.15, -0.1) is 0 Å². The Kier molecular flexibility index (Phi) is 14.0. The van der Waals surface area contributed by atoms with Crippen LogP contribution in [0.3, 0.4) is 0 Å². The molecular formula is C37H40N4O7. The van der Waals surface area contributed by atoms with Gasteiger partial charge in [-0.1, -0.05) is 79.2 Å². The van der Waals surface area contributed by atoms with Gasteiger partial charge < -0.3 is 25.0 Å². The van der Waals surface area contributed by atoms with E-state index in [2.05, 4.69) is 10.6 Å². The molecule has 0 aromatic heterocycles. The summed E-state index contributed by atoms with van der Waals surface area (Å²) in [6.07, 6.45) is 1.68. The van der Waals surface area contributed by atoms with Crippen LogP contribution in [-0.4, -0.2) is 46.8 Å². The van der Waals surface area contributed by atoms with Crippen molar-refractivity contribution in [2.24, 2.45) is 0 Å². The fourth-order valence-corrected chi connectivity index (χ4v) is 4.74. The van der Waals surface area contributed by atoms with Gasteiger partial charge in [0.25, 0.3) is 0 Å². The van der Waals surface area contributed by atoms with E-state index in [1.54, 1.807) is 54.0 Å². The Bertz CT molecular complexity index is 1530. The smallest absolute Gasteiger partial charge is 0.244 e. The molecule has 0 heterocycles. The first-order valence-electron chi connectivity index (χ1n) is 15.7. The molecule has 0 bridgehead atoms. The third-order valence-electron chi connectivity index (χ3n) is 7.17. The minimum Gasteiger partial charge on any atom is -0.489 e. The number of rotatable bonds is 18. The molecule has 0 aliphatic heterocycles. The quantitative estimate of drug-likeness (QED) is 0.0612. The Labute approximate surface area is 279 Å². The van der Waals surface area contributed by atoms with Crippen LogP contribution in [0, 0.1) is 0 Å². The maximum Gasteiger partial charge on any atom is 0.244 e. The summed E-state index contributed by atoms with van der Waals surface area (Å²) in [6.45, 7) is 0.0215. The van der Waals surface area contributed by atoms with Gasteiger partial charge in [-0.25, -0.2) is 5.48 Å². The monoisotopic (exact) mass is 652 g/mol. The molecule has 48 heavy (non-hydrogen) atoms. The number of carbonyl (C=O) groups is 4. The normalized spacial score (nSPS) is 10.4. The van der Waals surface area contributed by atoms with Crippen LogP contribution < -0.4 is 25.6 Å². The molecule has 0 fully saturated rings. The van der Waals surface area contributed by atoms with Crippen molar-refractivity contribution in [1.29, 1.82) is 0 Å². The lowest BCUT2D eigenvalue weighted by Crippen LogP contribution is -2.42. The lowest BCUT2D eigenvalue weighted by molar-refractivity contribution is -0.137. The van der Waals surface area contributed by atoms with Gasteiger partial charge in [0.05, 0.1) is 0 Å². The number of unbranched alkanes of at least 4 members (excludes halogenated alkanes) is 2. The molecule has 0 aliphatic rings. The van der Waals surface area contributed by atoms with Gasteiger partial charge in [0, 0.05) is 36.3 Å². The van der Waals surface area contributed by atoms with Gasteiger partial charge in [0.2, 0.25) is 23.6 Å². The van der Waals surface area contributed by atoms with Gasteiger partial charge in [0.15, 0.2) is 0 Å². The van der Waals surface area contributed by atoms with Gasteiger partial charge in [-0.2, -0.15) is 0 Å². The number of amides is 4. The van der Waals surface area contributed by atoms with Crippen molar-refractivity contribution in [1.82, 2.24) is 10.4 Å². The summed E-state index contributed by atoms with van der Waals surface area (Å²) in [4.78, 5) is 51.9. The second kappa shape index (κ2) is 19.1. The van der Waals surface area contributed by atoms with Crippen LogP contribution in [0.2, 0.25) is 0 Å². The zero-order valence-electron chi connectivity index (χ0n) is 26.6. The summed E-state index contributed by atoms with van der Waals surface area (Å²) in [7, 11) is 0. The molecule has 0 saturated heterocycles. The first-order chi connectivity index (χ1) is 23.4. The molecule has 0 radical (unpaired) electrons. The van der Waals surface area contributed by atoms with Crippen LogP contribution in [0.4, 0.5) is 11.4 Å². The average Bonchev–Trinajstić information content (AvgIpc) is 3.10. The lowest BCUT2D eigenvalue weighted by atomic mass is 10.1. The summed E-state index contributed by atoms with van der Waals surface area (Å²) < 4.78 is 11.7. The molecule has 0 spiro atoms. The minimum atomic E-state index is -0.500. The van der Waals surface area contributed by atoms with E-state index in [1.165, 1.54) is 4.90 Å². The summed E-state index contributed by atoms with van der Waals surface area (Å²) >= 11 is 0. The van der Waals surface area contributed by atoms with Crippen molar-refractivity contribution in [2.45, 2.75) is 45.3 Å². The second-order valence-electron chi connectivity index (χ2n) is 11.0. The van der Waals surface area contributed by atoms with Crippen LogP contribution in [0.1, 0.15) is 43.2 Å². The second-order valence-corrected chi connectivity index (χ2v) is 11.0. The van der Waals surface area contributed by atoms with Crippen molar-refractivity contribution in [3.63, 3.8) is 0 Å². The van der Waals surface area contributed by atoms with Gasteiger partial charge >= 0.3 is 0 Å². The fraction of sp³-hybridized carbons (Fsp3) is 0.243. The maximum atomic E-state index is 13.2. The Hall–Kier alpha value is -5.68. The van der Waals surface area contributed by atoms with E-state index >= 15 is 0 Å². The molecule has 0 aliphatic carbocycles. The van der Waals surface area contributed by atoms with E-state index in [-0.39, 0.29) is 31.8 Å². The molecule has 4 aromatic carbocycles. The number of nitrogens with one attached hydrogen (secondary N) is 3. The Balaban J connectivity index is 1.35. The van der Waals surface area contributed by atoms with Crippen LogP contribution >= 0.6 is 0 Å². The number of carbonyl (C=O) groups excluding carboxylic acids is 4.